The molecular weight excluding hydrogens is 459 g/mol. The SMILES string of the molecule is CCNC(=NCCN(C)CCOC)NCCc1ccc(OC)c(OC)c1.I. The van der Waals surface area contributed by atoms with Gasteiger partial charge >= 0.3 is 0 Å². The molecule has 0 aromatic heterocycles. The van der Waals surface area contributed by atoms with Crippen molar-refractivity contribution in [1.29, 1.82) is 0 Å². The van der Waals surface area contributed by atoms with Crippen LogP contribution in [-0.2, 0) is 11.2 Å². The molecule has 0 heterocycles. The molecule has 0 aliphatic carbocycles. The van der Waals surface area contributed by atoms with Gasteiger partial charge in [0, 0.05) is 33.3 Å². The second kappa shape index (κ2) is 15.8. The maximum Gasteiger partial charge on any atom is 0.191 e. The summed E-state index contributed by atoms with van der Waals surface area (Å²) in [6, 6.07) is 6.00. The fraction of sp³-hybridized carbons (Fsp3) is 0.632. The number of hydrogen-bond acceptors (Lipinski definition) is 5. The van der Waals surface area contributed by atoms with Gasteiger partial charge in [0.25, 0.3) is 0 Å². The van der Waals surface area contributed by atoms with E-state index < -0.39 is 0 Å². The van der Waals surface area contributed by atoms with Gasteiger partial charge in [0.05, 0.1) is 27.4 Å². The molecule has 0 radical (unpaired) electrons. The van der Waals surface area contributed by atoms with Gasteiger partial charge in [0.2, 0.25) is 0 Å². The van der Waals surface area contributed by atoms with Gasteiger partial charge in [-0.3, -0.25) is 4.99 Å². The van der Waals surface area contributed by atoms with Crippen LogP contribution in [0.1, 0.15) is 12.5 Å². The van der Waals surface area contributed by atoms with Crippen LogP contribution in [0.4, 0.5) is 0 Å². The third-order valence-corrected chi connectivity index (χ3v) is 3.93. The molecule has 1 aromatic carbocycles. The lowest BCUT2D eigenvalue weighted by molar-refractivity contribution is 0.163. The highest BCUT2D eigenvalue weighted by atomic mass is 127. The van der Waals surface area contributed by atoms with Gasteiger partial charge in [-0.25, -0.2) is 0 Å². The van der Waals surface area contributed by atoms with Crippen LogP contribution >= 0.6 is 24.0 Å². The number of aliphatic imine (C=N–C) groups is 1. The van der Waals surface area contributed by atoms with Crippen molar-refractivity contribution in [3.05, 3.63) is 23.8 Å². The number of guanidine groups is 1. The molecule has 0 spiro atoms. The zero-order chi connectivity index (χ0) is 19.2. The zero-order valence-corrected chi connectivity index (χ0v) is 19.5. The smallest absolute Gasteiger partial charge is 0.191 e. The summed E-state index contributed by atoms with van der Waals surface area (Å²) >= 11 is 0. The van der Waals surface area contributed by atoms with Crippen LogP contribution in [-0.4, -0.2) is 78.6 Å². The van der Waals surface area contributed by atoms with Gasteiger partial charge < -0.3 is 29.7 Å². The van der Waals surface area contributed by atoms with Gasteiger partial charge in [-0.1, -0.05) is 6.07 Å². The number of likely N-dealkylation sites (N-methyl/N-ethyl adjacent to an activating group) is 1. The van der Waals surface area contributed by atoms with Gasteiger partial charge in [-0.05, 0) is 38.1 Å². The van der Waals surface area contributed by atoms with Gasteiger partial charge in [-0.15, -0.1) is 24.0 Å². The standard InChI is InChI=1S/C19H34N4O3.HI/c1-6-20-19(22-11-12-23(2)13-14-24-3)21-10-9-16-7-8-17(25-4)18(15-16)26-5;/h7-8,15H,6,9-14H2,1-5H3,(H2,20,21,22);1H. The van der Waals surface area contributed by atoms with Crippen molar-refractivity contribution >= 4 is 29.9 Å². The van der Waals surface area contributed by atoms with E-state index >= 15 is 0 Å². The van der Waals surface area contributed by atoms with Crippen molar-refractivity contribution in [3.63, 3.8) is 0 Å². The predicted molar refractivity (Wildman–Crippen MR) is 122 cm³/mol. The van der Waals surface area contributed by atoms with Gasteiger partial charge in [0.1, 0.15) is 0 Å². The minimum absolute atomic E-state index is 0. The summed E-state index contributed by atoms with van der Waals surface area (Å²) in [6.07, 6.45) is 0.874. The number of nitrogens with zero attached hydrogens (tertiary/aromatic N) is 2. The van der Waals surface area contributed by atoms with E-state index in [1.807, 2.05) is 12.1 Å². The third kappa shape index (κ3) is 10.6. The lowest BCUT2D eigenvalue weighted by Gasteiger charge is -2.16. The quantitative estimate of drug-likeness (QED) is 0.263. The highest BCUT2D eigenvalue weighted by molar-refractivity contribution is 14.0. The lowest BCUT2D eigenvalue weighted by Crippen LogP contribution is -2.39. The van der Waals surface area contributed by atoms with Crippen LogP contribution in [0.2, 0.25) is 0 Å². The first-order valence-electron chi connectivity index (χ1n) is 9.05. The summed E-state index contributed by atoms with van der Waals surface area (Å²) in [5.41, 5.74) is 1.19. The van der Waals surface area contributed by atoms with Crippen molar-refractivity contribution < 1.29 is 14.2 Å². The number of methoxy groups -OCH3 is 3. The van der Waals surface area contributed by atoms with E-state index in [0.717, 1.165) is 63.2 Å². The molecule has 0 saturated carbocycles. The first-order chi connectivity index (χ1) is 12.6. The van der Waals surface area contributed by atoms with Crippen LogP contribution in [0.3, 0.4) is 0 Å². The monoisotopic (exact) mass is 494 g/mol. The Bertz CT molecular complexity index is 544. The maximum atomic E-state index is 5.35. The normalized spacial score (nSPS) is 11.1. The molecule has 2 N–H and O–H groups in total. The van der Waals surface area contributed by atoms with E-state index in [4.69, 9.17) is 14.2 Å². The van der Waals surface area contributed by atoms with E-state index in [0.29, 0.717) is 0 Å². The molecule has 0 amide bonds. The Morgan fingerprint density at radius 3 is 2.44 bits per heavy atom. The molecule has 0 unspecified atom stereocenters. The molecule has 0 atom stereocenters. The fourth-order valence-corrected chi connectivity index (χ4v) is 2.39. The largest absolute Gasteiger partial charge is 0.493 e. The van der Waals surface area contributed by atoms with Crippen LogP contribution < -0.4 is 20.1 Å². The fourth-order valence-electron chi connectivity index (χ4n) is 2.39. The van der Waals surface area contributed by atoms with E-state index in [9.17, 15) is 0 Å². The highest BCUT2D eigenvalue weighted by Crippen LogP contribution is 2.27. The second-order valence-corrected chi connectivity index (χ2v) is 5.92. The Balaban J connectivity index is 0.00000676. The summed E-state index contributed by atoms with van der Waals surface area (Å²) in [6.45, 7) is 6.99. The molecule has 1 aromatic rings. The van der Waals surface area contributed by atoms with E-state index in [2.05, 4.69) is 40.6 Å². The maximum absolute atomic E-state index is 5.35. The molecule has 0 aliphatic rings. The van der Waals surface area contributed by atoms with Crippen molar-refractivity contribution in [1.82, 2.24) is 15.5 Å². The molecule has 0 bridgehead atoms. The Hall–Kier alpha value is -1.26. The molecule has 7 nitrogen and oxygen atoms in total. The lowest BCUT2D eigenvalue weighted by atomic mass is 10.1. The number of benzene rings is 1. The van der Waals surface area contributed by atoms with Crippen LogP contribution in [0.15, 0.2) is 23.2 Å². The minimum Gasteiger partial charge on any atom is -0.493 e. The number of hydrogen-bond donors (Lipinski definition) is 2. The number of ether oxygens (including phenoxy) is 3. The van der Waals surface area contributed by atoms with E-state index in [1.165, 1.54) is 5.56 Å². The Labute approximate surface area is 180 Å². The molecule has 156 valence electrons. The summed E-state index contributed by atoms with van der Waals surface area (Å²) in [7, 11) is 7.09. The van der Waals surface area contributed by atoms with Crippen LogP contribution in [0, 0.1) is 0 Å². The molecule has 27 heavy (non-hydrogen) atoms. The first-order valence-corrected chi connectivity index (χ1v) is 9.05. The van der Waals surface area contributed by atoms with Gasteiger partial charge in [0.15, 0.2) is 17.5 Å². The Morgan fingerprint density at radius 1 is 1.07 bits per heavy atom. The molecule has 1 rings (SSSR count). The first kappa shape index (κ1) is 25.7. The summed E-state index contributed by atoms with van der Waals surface area (Å²) < 4.78 is 15.7. The average molecular weight is 494 g/mol. The van der Waals surface area contributed by atoms with Crippen molar-refractivity contribution in [2.24, 2.45) is 4.99 Å². The van der Waals surface area contributed by atoms with Crippen molar-refractivity contribution in [2.45, 2.75) is 13.3 Å². The zero-order valence-electron chi connectivity index (χ0n) is 17.2. The number of nitrogens with one attached hydrogen (secondary N) is 2. The number of rotatable bonds is 12. The molecular formula is C19H35IN4O3. The molecule has 0 aliphatic heterocycles. The van der Waals surface area contributed by atoms with Crippen molar-refractivity contribution in [3.8, 4) is 11.5 Å². The van der Waals surface area contributed by atoms with Crippen LogP contribution in [0.25, 0.3) is 0 Å². The van der Waals surface area contributed by atoms with E-state index in [-0.39, 0.29) is 24.0 Å². The topological polar surface area (TPSA) is 67.4 Å². The molecule has 0 fully saturated rings. The molecule has 8 heteroatoms. The summed E-state index contributed by atoms with van der Waals surface area (Å²) in [5, 5.41) is 6.65. The highest BCUT2D eigenvalue weighted by Gasteiger charge is 2.05. The van der Waals surface area contributed by atoms with Crippen LogP contribution in [0.5, 0.6) is 11.5 Å². The minimum atomic E-state index is 0. The second-order valence-electron chi connectivity index (χ2n) is 5.92. The number of halogens is 1. The summed E-state index contributed by atoms with van der Waals surface area (Å²) in [4.78, 5) is 6.83. The average Bonchev–Trinajstić information content (AvgIpc) is 2.66. The Kier molecular flexibility index (Phi) is 15.0. The Morgan fingerprint density at radius 2 is 1.81 bits per heavy atom. The van der Waals surface area contributed by atoms with Gasteiger partial charge in [-0.2, -0.15) is 0 Å². The predicted octanol–water partition coefficient (Wildman–Crippen LogP) is 2.00. The molecule has 0 saturated heterocycles. The third-order valence-electron chi connectivity index (χ3n) is 3.93. The summed E-state index contributed by atoms with van der Waals surface area (Å²) in [5.74, 6) is 2.34. The van der Waals surface area contributed by atoms with E-state index in [1.54, 1.807) is 21.3 Å². The van der Waals surface area contributed by atoms with Crippen molar-refractivity contribution in [2.75, 3.05) is 67.7 Å².